The number of hydrogen-bond acceptors (Lipinski definition) is 5. The Labute approximate surface area is 153 Å². The van der Waals surface area contributed by atoms with Gasteiger partial charge in [-0.2, -0.15) is 4.31 Å². The first-order chi connectivity index (χ1) is 12.6. The van der Waals surface area contributed by atoms with Gasteiger partial charge >= 0.3 is 0 Å². The third-order valence-electron chi connectivity index (χ3n) is 4.20. The van der Waals surface area contributed by atoms with Crippen molar-refractivity contribution in [1.29, 1.82) is 0 Å². The van der Waals surface area contributed by atoms with E-state index in [4.69, 9.17) is 0 Å². The van der Waals surface area contributed by atoms with E-state index in [9.17, 15) is 13.2 Å². The van der Waals surface area contributed by atoms with Gasteiger partial charge in [0.15, 0.2) is 0 Å². The largest absolute Gasteiger partial charge is 0.325 e. The number of aromatic nitrogens is 1. The maximum absolute atomic E-state index is 12.5. The summed E-state index contributed by atoms with van der Waals surface area (Å²) < 4.78 is 26.4. The second kappa shape index (κ2) is 8.39. The Bertz CT molecular complexity index is 832. The zero-order valence-electron chi connectivity index (χ0n) is 14.4. The van der Waals surface area contributed by atoms with Gasteiger partial charge in [-0.1, -0.05) is 0 Å². The zero-order valence-corrected chi connectivity index (χ0v) is 15.2. The molecule has 26 heavy (non-hydrogen) atoms. The molecule has 0 radical (unpaired) electrons. The number of carbonyl (C=O) groups excluding carboxylic acids is 1. The van der Waals surface area contributed by atoms with E-state index in [0.29, 0.717) is 25.3 Å². The minimum atomic E-state index is -3.43. The van der Waals surface area contributed by atoms with Gasteiger partial charge < -0.3 is 10.6 Å². The van der Waals surface area contributed by atoms with Crippen LogP contribution >= 0.6 is 0 Å². The summed E-state index contributed by atoms with van der Waals surface area (Å²) in [6, 6.07) is 10.1. The minimum Gasteiger partial charge on any atom is -0.325 e. The molecule has 1 saturated heterocycles. The van der Waals surface area contributed by atoms with Crippen LogP contribution in [0.1, 0.15) is 18.4 Å². The molecule has 1 aliphatic heterocycles. The van der Waals surface area contributed by atoms with E-state index in [2.05, 4.69) is 15.6 Å². The SMILES string of the molecule is O=C(CNCc1ccncc1)Nc1ccc(S(=O)(=O)N2CCCC2)cc1. The molecule has 3 rings (SSSR count). The molecule has 0 unspecified atom stereocenters. The molecule has 0 aliphatic carbocycles. The number of pyridine rings is 1. The van der Waals surface area contributed by atoms with E-state index >= 15 is 0 Å². The Kier molecular flexibility index (Phi) is 5.97. The number of amides is 1. The van der Waals surface area contributed by atoms with E-state index in [1.807, 2.05) is 12.1 Å². The first kappa shape index (κ1) is 18.5. The van der Waals surface area contributed by atoms with Crippen molar-refractivity contribution in [2.45, 2.75) is 24.3 Å². The monoisotopic (exact) mass is 374 g/mol. The lowest BCUT2D eigenvalue weighted by atomic mass is 10.3. The van der Waals surface area contributed by atoms with Crippen LogP contribution in [-0.2, 0) is 21.4 Å². The highest BCUT2D eigenvalue weighted by Gasteiger charge is 2.26. The number of anilines is 1. The average Bonchev–Trinajstić information content (AvgIpc) is 3.19. The van der Waals surface area contributed by atoms with Gasteiger partial charge in [-0.15, -0.1) is 0 Å². The lowest BCUT2D eigenvalue weighted by Gasteiger charge is -2.15. The molecule has 2 aromatic rings. The molecule has 138 valence electrons. The second-order valence-corrected chi connectivity index (χ2v) is 8.08. The Morgan fingerprint density at radius 1 is 1.04 bits per heavy atom. The molecule has 1 aliphatic rings. The molecule has 0 saturated carbocycles. The molecule has 0 bridgehead atoms. The summed E-state index contributed by atoms with van der Waals surface area (Å²) in [6.07, 6.45) is 5.21. The van der Waals surface area contributed by atoms with Crippen LogP contribution in [0.5, 0.6) is 0 Å². The quantitative estimate of drug-likeness (QED) is 0.768. The fraction of sp³-hybridized carbons (Fsp3) is 0.333. The maximum atomic E-state index is 12.5. The summed E-state index contributed by atoms with van der Waals surface area (Å²) in [7, 11) is -3.43. The van der Waals surface area contributed by atoms with Crippen molar-refractivity contribution in [2.75, 3.05) is 25.0 Å². The third-order valence-corrected chi connectivity index (χ3v) is 6.12. The number of nitrogens with one attached hydrogen (secondary N) is 2. The number of carbonyl (C=O) groups is 1. The molecule has 1 fully saturated rings. The summed E-state index contributed by atoms with van der Waals surface area (Å²) >= 11 is 0. The summed E-state index contributed by atoms with van der Waals surface area (Å²) in [5.41, 5.74) is 1.62. The molecule has 0 atom stereocenters. The fourth-order valence-electron chi connectivity index (χ4n) is 2.81. The van der Waals surface area contributed by atoms with Crippen LogP contribution in [0, 0.1) is 0 Å². The number of benzene rings is 1. The van der Waals surface area contributed by atoms with E-state index in [1.165, 1.54) is 16.4 Å². The summed E-state index contributed by atoms with van der Waals surface area (Å²) in [6.45, 7) is 1.88. The molecule has 1 aromatic carbocycles. The molecule has 1 aromatic heterocycles. The van der Waals surface area contributed by atoms with Crippen molar-refractivity contribution < 1.29 is 13.2 Å². The van der Waals surface area contributed by atoms with Crippen molar-refractivity contribution in [2.24, 2.45) is 0 Å². The van der Waals surface area contributed by atoms with Crippen LogP contribution in [0.4, 0.5) is 5.69 Å². The molecule has 8 heteroatoms. The van der Waals surface area contributed by atoms with Gasteiger partial charge in [-0.05, 0) is 54.8 Å². The maximum Gasteiger partial charge on any atom is 0.243 e. The normalized spacial score (nSPS) is 15.1. The molecular formula is C18H22N4O3S. The second-order valence-electron chi connectivity index (χ2n) is 6.14. The van der Waals surface area contributed by atoms with Gasteiger partial charge in [-0.3, -0.25) is 9.78 Å². The first-order valence-corrected chi connectivity index (χ1v) is 9.99. The van der Waals surface area contributed by atoms with E-state index < -0.39 is 10.0 Å². The Morgan fingerprint density at radius 3 is 2.35 bits per heavy atom. The standard InChI is InChI=1S/C18H22N4O3S/c23-18(14-20-13-15-7-9-19-10-8-15)21-16-3-5-17(6-4-16)26(24,25)22-11-1-2-12-22/h3-10,20H,1-2,11-14H2,(H,21,23). The molecule has 2 heterocycles. The van der Waals surface area contributed by atoms with E-state index in [-0.39, 0.29) is 17.3 Å². The smallest absolute Gasteiger partial charge is 0.243 e. The molecule has 0 spiro atoms. The highest BCUT2D eigenvalue weighted by Crippen LogP contribution is 2.22. The highest BCUT2D eigenvalue weighted by molar-refractivity contribution is 7.89. The van der Waals surface area contributed by atoms with Crippen molar-refractivity contribution >= 4 is 21.6 Å². The van der Waals surface area contributed by atoms with E-state index in [1.54, 1.807) is 24.5 Å². The Morgan fingerprint density at radius 2 is 1.69 bits per heavy atom. The predicted octanol–water partition coefficient (Wildman–Crippen LogP) is 1.59. The zero-order chi connectivity index (χ0) is 18.4. The van der Waals surface area contributed by atoms with Crippen LogP contribution in [0.3, 0.4) is 0 Å². The van der Waals surface area contributed by atoms with Gasteiger partial charge in [0.1, 0.15) is 0 Å². The summed E-state index contributed by atoms with van der Waals surface area (Å²) in [5.74, 6) is -0.186. The molecule has 7 nitrogen and oxygen atoms in total. The van der Waals surface area contributed by atoms with Gasteiger partial charge in [-0.25, -0.2) is 8.42 Å². The van der Waals surface area contributed by atoms with Gasteiger partial charge in [0.05, 0.1) is 11.4 Å². The first-order valence-electron chi connectivity index (χ1n) is 8.55. The Balaban J connectivity index is 1.51. The van der Waals surface area contributed by atoms with E-state index in [0.717, 1.165) is 18.4 Å². The Hall–Kier alpha value is -2.29. The summed E-state index contributed by atoms with van der Waals surface area (Å²) in [4.78, 5) is 16.2. The van der Waals surface area contributed by atoms with Crippen molar-refractivity contribution in [3.8, 4) is 0 Å². The van der Waals surface area contributed by atoms with Gasteiger partial charge in [0, 0.05) is 37.7 Å². The molecule has 1 amide bonds. The third kappa shape index (κ3) is 4.66. The average molecular weight is 374 g/mol. The number of sulfonamides is 1. The van der Waals surface area contributed by atoms with Crippen molar-refractivity contribution in [1.82, 2.24) is 14.6 Å². The minimum absolute atomic E-state index is 0.163. The van der Waals surface area contributed by atoms with Crippen molar-refractivity contribution in [3.63, 3.8) is 0 Å². The highest BCUT2D eigenvalue weighted by atomic mass is 32.2. The lowest BCUT2D eigenvalue weighted by Crippen LogP contribution is -2.28. The van der Waals surface area contributed by atoms with Crippen molar-refractivity contribution in [3.05, 3.63) is 54.4 Å². The van der Waals surface area contributed by atoms with Crippen LogP contribution in [0.15, 0.2) is 53.7 Å². The lowest BCUT2D eigenvalue weighted by molar-refractivity contribution is -0.115. The number of hydrogen-bond donors (Lipinski definition) is 2. The van der Waals surface area contributed by atoms with Crippen LogP contribution < -0.4 is 10.6 Å². The van der Waals surface area contributed by atoms with Crippen LogP contribution in [0.2, 0.25) is 0 Å². The van der Waals surface area contributed by atoms with Crippen LogP contribution in [0.25, 0.3) is 0 Å². The topological polar surface area (TPSA) is 91.4 Å². The molecular weight excluding hydrogens is 352 g/mol. The van der Waals surface area contributed by atoms with Crippen LogP contribution in [-0.4, -0.2) is 43.2 Å². The summed E-state index contributed by atoms with van der Waals surface area (Å²) in [5, 5.41) is 5.81. The fourth-order valence-corrected chi connectivity index (χ4v) is 4.33. The van der Waals surface area contributed by atoms with Gasteiger partial charge in [0.2, 0.25) is 15.9 Å². The number of rotatable bonds is 7. The predicted molar refractivity (Wildman–Crippen MR) is 99.0 cm³/mol. The number of nitrogens with zero attached hydrogens (tertiary/aromatic N) is 2. The van der Waals surface area contributed by atoms with Gasteiger partial charge in [0.25, 0.3) is 0 Å². The molecule has 2 N–H and O–H groups in total.